The molecule has 1 N–H and O–H groups in total. The van der Waals surface area contributed by atoms with E-state index in [0.29, 0.717) is 13.1 Å². The molecule has 0 bridgehead atoms. The monoisotopic (exact) mass is 313 g/mol. The van der Waals surface area contributed by atoms with Gasteiger partial charge < -0.3 is 10.2 Å². The molecular weight excluding hydrogens is 290 g/mol. The number of fused-ring (bicyclic) bond motifs is 1. The summed E-state index contributed by atoms with van der Waals surface area (Å²) in [6.07, 6.45) is 0.956. The maximum Gasteiger partial charge on any atom is 0.245 e. The van der Waals surface area contributed by atoms with E-state index in [1.54, 1.807) is 0 Å². The summed E-state index contributed by atoms with van der Waals surface area (Å²) >= 11 is 0. The van der Waals surface area contributed by atoms with Gasteiger partial charge in [-0.05, 0) is 18.9 Å². The number of hydrogen-bond acceptors (Lipinski definition) is 4. The van der Waals surface area contributed by atoms with E-state index < -0.39 is 0 Å². The number of amides is 1. The summed E-state index contributed by atoms with van der Waals surface area (Å²) < 4.78 is 1.98. The van der Waals surface area contributed by atoms with E-state index in [-0.39, 0.29) is 11.9 Å². The largest absolute Gasteiger partial charge is 0.333 e. The number of rotatable bonds is 6. The summed E-state index contributed by atoms with van der Waals surface area (Å²) in [6.45, 7) is 6.72. The van der Waals surface area contributed by atoms with Crippen LogP contribution in [0.4, 0.5) is 0 Å². The molecular formula is C17H23N5O. The maximum absolute atomic E-state index is 12.5. The van der Waals surface area contributed by atoms with E-state index in [2.05, 4.69) is 34.6 Å². The van der Waals surface area contributed by atoms with Crippen molar-refractivity contribution < 1.29 is 4.79 Å². The molecule has 3 rings (SSSR count). The highest BCUT2D eigenvalue weighted by Gasteiger charge is 2.32. The van der Waals surface area contributed by atoms with Crippen molar-refractivity contribution in [3.63, 3.8) is 0 Å². The van der Waals surface area contributed by atoms with Gasteiger partial charge in [-0.3, -0.25) is 9.36 Å². The fraction of sp³-hybridized carbons (Fsp3) is 0.471. The molecule has 0 saturated heterocycles. The number of carbonyl (C=O) groups is 1. The summed E-state index contributed by atoms with van der Waals surface area (Å²) in [5.74, 6) is 1.86. The third-order valence-electron chi connectivity index (χ3n) is 4.17. The Morgan fingerprint density at radius 2 is 2.00 bits per heavy atom. The molecule has 0 aliphatic carbocycles. The second-order valence-electron chi connectivity index (χ2n) is 5.93. The first-order valence-electron chi connectivity index (χ1n) is 8.16. The Bertz CT molecular complexity index is 667. The summed E-state index contributed by atoms with van der Waals surface area (Å²) in [4.78, 5) is 14.3. The summed E-state index contributed by atoms with van der Waals surface area (Å²) in [5, 5.41) is 11.9. The van der Waals surface area contributed by atoms with Gasteiger partial charge in [-0.25, -0.2) is 0 Å². The van der Waals surface area contributed by atoms with Gasteiger partial charge in [-0.15, -0.1) is 10.2 Å². The summed E-state index contributed by atoms with van der Waals surface area (Å²) in [6, 6.07) is 10.0. The van der Waals surface area contributed by atoms with Gasteiger partial charge in [0.15, 0.2) is 5.82 Å². The second kappa shape index (κ2) is 6.91. The molecule has 1 amide bonds. The second-order valence-corrected chi connectivity index (χ2v) is 5.93. The molecule has 0 spiro atoms. The zero-order valence-corrected chi connectivity index (χ0v) is 13.7. The van der Waals surface area contributed by atoms with Gasteiger partial charge in [-0.2, -0.15) is 0 Å². The third-order valence-corrected chi connectivity index (χ3v) is 4.17. The molecule has 2 aromatic rings. The normalized spacial score (nSPS) is 17.4. The lowest BCUT2D eigenvalue weighted by Crippen LogP contribution is -2.42. The van der Waals surface area contributed by atoms with E-state index in [9.17, 15) is 4.79 Å². The molecule has 1 aromatic heterocycles. The van der Waals surface area contributed by atoms with Crippen molar-refractivity contribution in [1.82, 2.24) is 25.0 Å². The molecule has 1 aliphatic rings. The quantitative estimate of drug-likeness (QED) is 0.884. The van der Waals surface area contributed by atoms with Gasteiger partial charge in [0.05, 0.1) is 13.1 Å². The van der Waals surface area contributed by atoms with Crippen molar-refractivity contribution in [1.29, 1.82) is 0 Å². The molecule has 1 aliphatic heterocycles. The van der Waals surface area contributed by atoms with Crippen molar-refractivity contribution in [2.24, 2.45) is 0 Å². The average molecular weight is 313 g/mol. The van der Waals surface area contributed by atoms with Crippen molar-refractivity contribution >= 4 is 5.91 Å². The number of hydrogen-bond donors (Lipinski definition) is 1. The Balaban J connectivity index is 1.68. The number of nitrogens with one attached hydrogen (secondary N) is 1. The minimum atomic E-state index is -0.228. The first-order chi connectivity index (χ1) is 11.2. The number of nitrogens with zero attached hydrogens (tertiary/aromatic N) is 4. The number of carbonyl (C=O) groups excluding carboxylic acids is 1. The molecule has 0 saturated carbocycles. The Kier molecular flexibility index (Phi) is 4.71. The van der Waals surface area contributed by atoms with E-state index in [1.165, 1.54) is 5.56 Å². The molecule has 6 nitrogen and oxygen atoms in total. The first-order valence-corrected chi connectivity index (χ1v) is 8.16. The number of benzene rings is 1. The van der Waals surface area contributed by atoms with Gasteiger partial charge in [-0.1, -0.05) is 37.3 Å². The fourth-order valence-electron chi connectivity index (χ4n) is 3.03. The van der Waals surface area contributed by atoms with E-state index in [1.807, 2.05) is 34.6 Å². The van der Waals surface area contributed by atoms with Crippen LogP contribution in [0.2, 0.25) is 0 Å². The van der Waals surface area contributed by atoms with Crippen LogP contribution in [0, 0.1) is 0 Å². The molecule has 0 fully saturated rings. The Morgan fingerprint density at radius 1 is 1.22 bits per heavy atom. The van der Waals surface area contributed by atoms with Gasteiger partial charge in [0.1, 0.15) is 11.9 Å². The van der Waals surface area contributed by atoms with Gasteiger partial charge in [0.2, 0.25) is 5.91 Å². The molecule has 6 heteroatoms. The molecule has 1 aromatic carbocycles. The fourth-order valence-corrected chi connectivity index (χ4v) is 3.03. The van der Waals surface area contributed by atoms with Gasteiger partial charge in [0, 0.05) is 13.1 Å². The van der Waals surface area contributed by atoms with E-state index in [4.69, 9.17) is 0 Å². The first kappa shape index (κ1) is 15.7. The molecule has 122 valence electrons. The summed E-state index contributed by atoms with van der Waals surface area (Å²) in [5.41, 5.74) is 1.23. The van der Waals surface area contributed by atoms with Crippen LogP contribution in [-0.2, 0) is 24.4 Å². The molecule has 1 atom stereocenters. The lowest BCUT2D eigenvalue weighted by Gasteiger charge is -2.31. The smallest absolute Gasteiger partial charge is 0.245 e. The van der Waals surface area contributed by atoms with Crippen LogP contribution in [0.25, 0.3) is 0 Å². The lowest BCUT2D eigenvalue weighted by molar-refractivity contribution is -0.137. The van der Waals surface area contributed by atoms with E-state index in [0.717, 1.165) is 31.2 Å². The minimum Gasteiger partial charge on any atom is -0.333 e. The Labute approximate surface area is 136 Å². The highest BCUT2D eigenvalue weighted by Crippen LogP contribution is 2.22. The van der Waals surface area contributed by atoms with Crippen LogP contribution in [0.1, 0.15) is 43.5 Å². The Hall–Kier alpha value is -2.21. The molecule has 0 radical (unpaired) electrons. The van der Waals surface area contributed by atoms with Crippen LogP contribution in [0.15, 0.2) is 30.3 Å². The molecule has 23 heavy (non-hydrogen) atoms. The topological polar surface area (TPSA) is 63.1 Å². The van der Waals surface area contributed by atoms with Gasteiger partial charge >= 0.3 is 0 Å². The summed E-state index contributed by atoms with van der Waals surface area (Å²) in [7, 11) is 0. The van der Waals surface area contributed by atoms with Crippen molar-refractivity contribution in [3.05, 3.63) is 47.5 Å². The SMILES string of the molecule is CCCN1Cc2nnc(CNCc3ccccc3)n2[C@H](C)C1=O. The maximum atomic E-state index is 12.5. The van der Waals surface area contributed by atoms with Crippen LogP contribution in [0.3, 0.4) is 0 Å². The minimum absolute atomic E-state index is 0.156. The molecule has 0 unspecified atom stereocenters. The molecule has 2 heterocycles. The lowest BCUT2D eigenvalue weighted by atomic mass is 10.2. The van der Waals surface area contributed by atoms with E-state index >= 15 is 0 Å². The standard InChI is InChI=1S/C17H23N5O/c1-3-9-21-12-16-20-19-15(22(16)13(2)17(21)23)11-18-10-14-7-5-4-6-8-14/h4-8,13,18H,3,9-12H2,1-2H3/t13-/m1/s1. The zero-order chi connectivity index (χ0) is 16.2. The highest BCUT2D eigenvalue weighted by atomic mass is 16.2. The number of aromatic nitrogens is 3. The van der Waals surface area contributed by atoms with Crippen LogP contribution >= 0.6 is 0 Å². The van der Waals surface area contributed by atoms with Crippen LogP contribution < -0.4 is 5.32 Å². The van der Waals surface area contributed by atoms with Crippen LogP contribution in [-0.4, -0.2) is 32.1 Å². The highest BCUT2D eigenvalue weighted by molar-refractivity contribution is 5.81. The average Bonchev–Trinajstić information content (AvgIpc) is 2.96. The zero-order valence-electron chi connectivity index (χ0n) is 13.7. The van der Waals surface area contributed by atoms with Gasteiger partial charge in [0.25, 0.3) is 0 Å². The van der Waals surface area contributed by atoms with Crippen molar-refractivity contribution in [2.45, 2.75) is 45.9 Å². The van der Waals surface area contributed by atoms with Crippen molar-refractivity contribution in [2.75, 3.05) is 6.54 Å². The van der Waals surface area contributed by atoms with Crippen molar-refractivity contribution in [3.8, 4) is 0 Å². The Morgan fingerprint density at radius 3 is 2.74 bits per heavy atom. The predicted octanol–water partition coefficient (Wildman–Crippen LogP) is 1.88. The van der Waals surface area contributed by atoms with Crippen LogP contribution in [0.5, 0.6) is 0 Å². The third kappa shape index (κ3) is 3.27. The predicted molar refractivity (Wildman–Crippen MR) is 87.4 cm³/mol.